The summed E-state index contributed by atoms with van der Waals surface area (Å²) < 4.78 is 0. The second kappa shape index (κ2) is 9.09. The van der Waals surface area contributed by atoms with Gasteiger partial charge in [-0.1, -0.05) is 61.3 Å². The smallest absolute Gasteiger partial charge is 0.0420 e. The van der Waals surface area contributed by atoms with Gasteiger partial charge in [-0.2, -0.15) is 0 Å². The lowest BCUT2D eigenvalue weighted by molar-refractivity contribution is 0.358. The molecule has 0 aliphatic carbocycles. The van der Waals surface area contributed by atoms with Gasteiger partial charge in [-0.3, -0.25) is 0 Å². The standard InChI is InChI=1S/C10H22.C2H6/c1-8(2)6-7-10(5)9(3)4;1-2/h8-10H,6-7H2,1-5H3;1-2H3. The predicted molar refractivity (Wildman–Crippen MR) is 59.4 cm³/mol. The molecule has 0 radical (unpaired) electrons. The molecule has 0 aliphatic heterocycles. The summed E-state index contributed by atoms with van der Waals surface area (Å²) in [5, 5.41) is 0. The Morgan fingerprint density at radius 2 is 1.17 bits per heavy atom. The Balaban J connectivity index is 0. The topological polar surface area (TPSA) is 0 Å². The number of rotatable bonds is 4. The van der Waals surface area contributed by atoms with E-state index in [4.69, 9.17) is 0 Å². The van der Waals surface area contributed by atoms with Gasteiger partial charge in [-0.25, -0.2) is 0 Å². The van der Waals surface area contributed by atoms with Crippen LogP contribution in [0.2, 0.25) is 0 Å². The fourth-order valence-electron chi connectivity index (χ4n) is 0.930. The van der Waals surface area contributed by atoms with Gasteiger partial charge in [-0.05, 0) is 17.8 Å². The van der Waals surface area contributed by atoms with E-state index in [1.807, 2.05) is 13.8 Å². The van der Waals surface area contributed by atoms with E-state index in [1.165, 1.54) is 12.8 Å². The van der Waals surface area contributed by atoms with Crippen molar-refractivity contribution in [3.63, 3.8) is 0 Å². The minimum atomic E-state index is 0.860. The Labute approximate surface area is 79.8 Å². The summed E-state index contributed by atoms with van der Waals surface area (Å²) in [6.45, 7) is 15.6. The lowest BCUT2D eigenvalue weighted by Crippen LogP contribution is -2.04. The zero-order valence-electron chi connectivity index (χ0n) is 10.1. The van der Waals surface area contributed by atoms with E-state index in [-0.39, 0.29) is 0 Å². The zero-order valence-corrected chi connectivity index (χ0v) is 10.1. The molecule has 0 rings (SSSR count). The Morgan fingerprint density at radius 3 is 1.42 bits per heavy atom. The Morgan fingerprint density at radius 1 is 0.750 bits per heavy atom. The van der Waals surface area contributed by atoms with Crippen LogP contribution in [0.3, 0.4) is 0 Å². The van der Waals surface area contributed by atoms with Crippen molar-refractivity contribution in [2.45, 2.75) is 61.3 Å². The molecule has 0 amide bonds. The largest absolute Gasteiger partial charge is 0.0683 e. The van der Waals surface area contributed by atoms with Gasteiger partial charge in [-0.15, -0.1) is 0 Å². The summed E-state index contributed by atoms with van der Waals surface area (Å²) >= 11 is 0. The maximum Gasteiger partial charge on any atom is -0.0420 e. The lowest BCUT2D eigenvalue weighted by Gasteiger charge is -2.15. The van der Waals surface area contributed by atoms with Crippen LogP contribution in [0.4, 0.5) is 0 Å². The van der Waals surface area contributed by atoms with Crippen molar-refractivity contribution in [1.29, 1.82) is 0 Å². The Hall–Kier alpha value is 0. The molecule has 1 atom stereocenters. The van der Waals surface area contributed by atoms with Crippen LogP contribution in [-0.4, -0.2) is 0 Å². The Kier molecular flexibility index (Phi) is 11.0. The second-order valence-electron chi connectivity index (χ2n) is 4.19. The molecular weight excluding hydrogens is 144 g/mol. The average molecular weight is 172 g/mol. The summed E-state index contributed by atoms with van der Waals surface area (Å²) in [6.07, 6.45) is 2.79. The SMILES string of the molecule is CC.CC(C)CCC(C)C(C)C. The molecule has 76 valence electrons. The monoisotopic (exact) mass is 172 g/mol. The maximum atomic E-state index is 2.35. The van der Waals surface area contributed by atoms with E-state index in [9.17, 15) is 0 Å². The highest BCUT2D eigenvalue weighted by molar-refractivity contribution is 4.58. The summed E-state index contributed by atoms with van der Waals surface area (Å²) in [6, 6.07) is 0. The van der Waals surface area contributed by atoms with Gasteiger partial charge in [0.25, 0.3) is 0 Å². The van der Waals surface area contributed by atoms with Crippen LogP contribution >= 0.6 is 0 Å². The lowest BCUT2D eigenvalue weighted by atomic mass is 9.91. The van der Waals surface area contributed by atoms with E-state index in [0.29, 0.717) is 0 Å². The molecule has 1 unspecified atom stereocenters. The van der Waals surface area contributed by atoms with Gasteiger partial charge in [0.15, 0.2) is 0 Å². The first kappa shape index (κ1) is 14.5. The van der Waals surface area contributed by atoms with Crippen LogP contribution < -0.4 is 0 Å². The first-order valence-electron chi connectivity index (χ1n) is 5.54. The third-order valence-electron chi connectivity index (χ3n) is 2.34. The molecule has 12 heavy (non-hydrogen) atoms. The van der Waals surface area contributed by atoms with Crippen LogP contribution in [0.15, 0.2) is 0 Å². The quantitative estimate of drug-likeness (QED) is 0.574. The second-order valence-corrected chi connectivity index (χ2v) is 4.19. The number of hydrogen-bond donors (Lipinski definition) is 0. The van der Waals surface area contributed by atoms with Crippen LogP contribution in [0, 0.1) is 17.8 Å². The fourth-order valence-corrected chi connectivity index (χ4v) is 0.930. The highest BCUT2D eigenvalue weighted by Gasteiger charge is 2.06. The molecule has 0 aliphatic rings. The van der Waals surface area contributed by atoms with Crippen molar-refractivity contribution >= 4 is 0 Å². The molecule has 0 saturated carbocycles. The van der Waals surface area contributed by atoms with Crippen molar-refractivity contribution in [3.05, 3.63) is 0 Å². The fraction of sp³-hybridized carbons (Fsp3) is 1.00. The van der Waals surface area contributed by atoms with Gasteiger partial charge < -0.3 is 0 Å². The van der Waals surface area contributed by atoms with Crippen molar-refractivity contribution in [2.24, 2.45) is 17.8 Å². The summed E-state index contributed by atoms with van der Waals surface area (Å²) in [4.78, 5) is 0. The highest BCUT2D eigenvalue weighted by atomic mass is 14.1. The molecule has 0 aromatic rings. The van der Waals surface area contributed by atoms with Gasteiger partial charge in [0.05, 0.1) is 0 Å². The van der Waals surface area contributed by atoms with Crippen molar-refractivity contribution in [1.82, 2.24) is 0 Å². The molecule has 0 heterocycles. The minimum absolute atomic E-state index is 0.860. The molecule has 0 saturated heterocycles. The van der Waals surface area contributed by atoms with E-state index in [1.54, 1.807) is 0 Å². The van der Waals surface area contributed by atoms with Gasteiger partial charge in [0.1, 0.15) is 0 Å². The molecule has 0 nitrogen and oxygen atoms in total. The molecule has 0 N–H and O–H groups in total. The first-order chi connectivity index (χ1) is 5.54. The van der Waals surface area contributed by atoms with Gasteiger partial charge in [0, 0.05) is 0 Å². The molecule has 0 bridgehead atoms. The summed E-state index contributed by atoms with van der Waals surface area (Å²) in [5.74, 6) is 2.64. The van der Waals surface area contributed by atoms with Crippen LogP contribution in [-0.2, 0) is 0 Å². The zero-order chi connectivity index (χ0) is 10.1. The molecule has 0 spiro atoms. The predicted octanol–water partition coefficient (Wildman–Crippen LogP) is 4.74. The van der Waals surface area contributed by atoms with Crippen molar-refractivity contribution in [2.75, 3.05) is 0 Å². The van der Waals surface area contributed by atoms with Gasteiger partial charge >= 0.3 is 0 Å². The van der Waals surface area contributed by atoms with E-state index in [0.717, 1.165) is 17.8 Å². The molecule has 0 fully saturated rings. The van der Waals surface area contributed by atoms with E-state index >= 15 is 0 Å². The summed E-state index contributed by atoms with van der Waals surface area (Å²) in [5.41, 5.74) is 0. The average Bonchev–Trinajstić information content (AvgIpc) is 2.03. The highest BCUT2D eigenvalue weighted by Crippen LogP contribution is 2.18. The minimum Gasteiger partial charge on any atom is -0.0683 e. The van der Waals surface area contributed by atoms with Crippen LogP contribution in [0.25, 0.3) is 0 Å². The van der Waals surface area contributed by atoms with Crippen LogP contribution in [0.1, 0.15) is 61.3 Å². The molecular formula is C12H28. The third kappa shape index (κ3) is 10.0. The van der Waals surface area contributed by atoms with Crippen LogP contribution in [0.5, 0.6) is 0 Å². The van der Waals surface area contributed by atoms with Crippen molar-refractivity contribution < 1.29 is 0 Å². The first-order valence-corrected chi connectivity index (χ1v) is 5.54. The molecule has 0 aromatic carbocycles. The molecule has 0 heteroatoms. The number of hydrogen-bond acceptors (Lipinski definition) is 0. The van der Waals surface area contributed by atoms with E-state index < -0.39 is 0 Å². The molecule has 0 aromatic heterocycles. The summed E-state index contributed by atoms with van der Waals surface area (Å²) in [7, 11) is 0. The van der Waals surface area contributed by atoms with Gasteiger partial charge in [0.2, 0.25) is 0 Å². The third-order valence-corrected chi connectivity index (χ3v) is 2.34. The van der Waals surface area contributed by atoms with E-state index in [2.05, 4.69) is 34.6 Å². The normalized spacial score (nSPS) is 12.8. The maximum absolute atomic E-state index is 2.35. The van der Waals surface area contributed by atoms with Crippen molar-refractivity contribution in [3.8, 4) is 0 Å². The Bertz CT molecular complexity index is 72.1.